The molecule has 2 heterocycles. The van der Waals surface area contributed by atoms with Gasteiger partial charge in [-0.3, -0.25) is 0 Å². The molecule has 0 aliphatic carbocycles. The van der Waals surface area contributed by atoms with Gasteiger partial charge in [-0.25, -0.2) is 0 Å². The lowest BCUT2D eigenvalue weighted by molar-refractivity contribution is 0.669. The van der Waals surface area contributed by atoms with E-state index in [1.165, 1.54) is 41.7 Å². The topological polar surface area (TPSA) is 19.6 Å². The normalized spacial score (nSPS) is 11.7. The van der Waals surface area contributed by atoms with E-state index in [9.17, 15) is 0 Å². The molecule has 0 N–H and O–H groups in total. The predicted octanol–water partition coefficient (Wildman–Crippen LogP) is 15.2. The van der Waals surface area contributed by atoms with Crippen molar-refractivity contribution in [3.63, 3.8) is 0 Å². The van der Waals surface area contributed by atoms with Crippen molar-refractivity contribution >= 4 is 109 Å². The van der Waals surface area contributed by atoms with Crippen molar-refractivity contribution < 1.29 is 4.42 Å². The van der Waals surface area contributed by atoms with Gasteiger partial charge in [0.25, 0.3) is 0 Å². The summed E-state index contributed by atoms with van der Waals surface area (Å²) in [6.07, 6.45) is 0. The minimum absolute atomic E-state index is 0.893. The van der Waals surface area contributed by atoms with E-state index < -0.39 is 0 Å². The quantitative estimate of drug-likeness (QED) is 0.171. The van der Waals surface area contributed by atoms with Gasteiger partial charge in [0.05, 0.1) is 11.4 Å². The van der Waals surface area contributed by atoms with E-state index in [4.69, 9.17) is 4.42 Å². The van der Waals surface area contributed by atoms with Crippen LogP contribution < -0.4 is 9.80 Å². The summed E-state index contributed by atoms with van der Waals surface area (Å²) in [5.74, 6) is 0. The van der Waals surface area contributed by atoms with Crippen LogP contribution in [0, 0.1) is 0 Å². The Morgan fingerprint density at radius 3 is 1.63 bits per heavy atom. The molecule has 0 saturated heterocycles. The highest BCUT2D eigenvalue weighted by molar-refractivity contribution is 7.25. The van der Waals surface area contributed by atoms with Gasteiger partial charge in [-0.2, -0.15) is 0 Å². The van der Waals surface area contributed by atoms with Crippen molar-refractivity contribution in [1.29, 1.82) is 0 Å². The van der Waals surface area contributed by atoms with Gasteiger partial charge in [-0.1, -0.05) is 115 Å². The first kappa shape index (κ1) is 30.7. The summed E-state index contributed by atoms with van der Waals surface area (Å²) in [6.45, 7) is 0. The summed E-state index contributed by atoms with van der Waals surface area (Å²) in [6, 6.07) is 69.8. The van der Waals surface area contributed by atoms with Crippen LogP contribution in [0.5, 0.6) is 0 Å². The number of para-hydroxylation sites is 2. The number of rotatable bonds is 6. The minimum atomic E-state index is 0.893. The van der Waals surface area contributed by atoms with Crippen molar-refractivity contribution in [1.82, 2.24) is 0 Å². The monoisotopic (exact) mass is 708 g/mol. The van der Waals surface area contributed by atoms with Crippen LogP contribution in [0.1, 0.15) is 0 Å². The third-order valence-corrected chi connectivity index (χ3v) is 11.7. The molecule has 0 bridgehead atoms. The van der Waals surface area contributed by atoms with Crippen LogP contribution >= 0.6 is 11.3 Å². The summed E-state index contributed by atoms with van der Waals surface area (Å²) < 4.78 is 8.71. The predicted molar refractivity (Wildman–Crippen MR) is 231 cm³/mol. The van der Waals surface area contributed by atoms with Crippen LogP contribution in [0.15, 0.2) is 199 Å². The number of hydrogen-bond acceptors (Lipinski definition) is 4. The Hall–Kier alpha value is -6.88. The Bertz CT molecular complexity index is 3110. The Labute approximate surface area is 316 Å². The average molecular weight is 709 g/mol. The van der Waals surface area contributed by atoms with E-state index in [0.29, 0.717) is 0 Å². The van der Waals surface area contributed by atoms with Crippen molar-refractivity contribution in [2.75, 3.05) is 9.80 Å². The average Bonchev–Trinajstić information content (AvgIpc) is 3.79. The maximum Gasteiger partial charge on any atom is 0.135 e. The van der Waals surface area contributed by atoms with Crippen molar-refractivity contribution in [2.45, 2.75) is 0 Å². The first-order valence-electron chi connectivity index (χ1n) is 18.3. The van der Waals surface area contributed by atoms with Crippen LogP contribution in [-0.4, -0.2) is 0 Å². The number of hydrogen-bond donors (Lipinski definition) is 0. The molecule has 0 aliphatic rings. The first-order chi connectivity index (χ1) is 26.8. The van der Waals surface area contributed by atoms with E-state index in [1.54, 1.807) is 0 Å². The molecule has 0 aliphatic heterocycles. The molecule has 0 unspecified atom stereocenters. The van der Waals surface area contributed by atoms with E-state index in [-0.39, 0.29) is 0 Å². The molecule has 0 fully saturated rings. The molecule has 0 saturated carbocycles. The highest BCUT2D eigenvalue weighted by Crippen LogP contribution is 2.46. The second-order valence-electron chi connectivity index (χ2n) is 13.7. The molecule has 3 nitrogen and oxygen atoms in total. The standard InChI is InChI=1S/C50H32N2OS/c1-2-16-35(17-3-1)51(36-25-28-48-43(30-36)41-20-8-9-23-47(41)53-48)38-24-27-42-44-31-37(26-29-49(44)54-50(42)32-38)52(45-21-10-14-33-12-4-6-18-39(33)45)46-22-11-15-34-13-5-7-19-40(34)46/h1-32H. The number of anilines is 6. The third-order valence-electron chi connectivity index (χ3n) is 10.6. The van der Waals surface area contributed by atoms with Gasteiger partial charge in [0.1, 0.15) is 11.2 Å². The largest absolute Gasteiger partial charge is 0.456 e. The van der Waals surface area contributed by atoms with Gasteiger partial charge in [-0.15, -0.1) is 11.3 Å². The lowest BCUT2D eigenvalue weighted by atomic mass is 10.0. The van der Waals surface area contributed by atoms with Gasteiger partial charge in [0.2, 0.25) is 0 Å². The highest BCUT2D eigenvalue weighted by atomic mass is 32.1. The summed E-state index contributed by atoms with van der Waals surface area (Å²) in [5, 5.41) is 9.62. The summed E-state index contributed by atoms with van der Waals surface area (Å²) in [4.78, 5) is 4.79. The van der Waals surface area contributed by atoms with Crippen molar-refractivity contribution in [3.8, 4) is 0 Å². The molecule has 9 aromatic carbocycles. The minimum Gasteiger partial charge on any atom is -0.456 e. The summed E-state index contributed by atoms with van der Waals surface area (Å²) in [7, 11) is 0. The summed E-state index contributed by atoms with van der Waals surface area (Å²) in [5.41, 5.74) is 8.55. The van der Waals surface area contributed by atoms with Gasteiger partial charge in [-0.05, 0) is 89.6 Å². The Balaban J connectivity index is 1.08. The lowest BCUT2D eigenvalue weighted by Gasteiger charge is -2.28. The molecule has 11 rings (SSSR count). The van der Waals surface area contributed by atoms with Crippen LogP contribution in [0.25, 0.3) is 63.7 Å². The number of thiophene rings is 1. The smallest absolute Gasteiger partial charge is 0.135 e. The number of furan rings is 1. The summed E-state index contributed by atoms with van der Waals surface area (Å²) >= 11 is 1.85. The lowest BCUT2D eigenvalue weighted by Crippen LogP contribution is -2.11. The zero-order chi connectivity index (χ0) is 35.6. The number of nitrogens with zero attached hydrogens (tertiary/aromatic N) is 2. The second kappa shape index (κ2) is 12.4. The highest BCUT2D eigenvalue weighted by Gasteiger charge is 2.20. The molecule has 0 atom stereocenters. The van der Waals surface area contributed by atoms with E-state index in [1.807, 2.05) is 23.5 Å². The zero-order valence-electron chi connectivity index (χ0n) is 29.2. The Morgan fingerprint density at radius 2 is 0.870 bits per heavy atom. The Morgan fingerprint density at radius 1 is 0.315 bits per heavy atom. The van der Waals surface area contributed by atoms with Gasteiger partial charge >= 0.3 is 0 Å². The van der Waals surface area contributed by atoms with Crippen LogP contribution in [0.2, 0.25) is 0 Å². The van der Waals surface area contributed by atoms with Crippen LogP contribution in [0.4, 0.5) is 34.1 Å². The van der Waals surface area contributed by atoms with Gasteiger partial charge < -0.3 is 14.2 Å². The van der Waals surface area contributed by atoms with Gasteiger partial charge in [0, 0.05) is 64.5 Å². The molecule has 0 radical (unpaired) electrons. The SMILES string of the molecule is c1ccc(N(c2ccc3c(c2)sc2ccc(N(c4cccc5ccccc45)c4cccc5ccccc45)cc23)c2ccc3oc4ccccc4c3c2)cc1. The fraction of sp³-hybridized carbons (Fsp3) is 0. The first-order valence-corrected chi connectivity index (χ1v) is 19.1. The molecule has 254 valence electrons. The maximum atomic E-state index is 6.19. The molecular weight excluding hydrogens is 677 g/mol. The van der Waals surface area contributed by atoms with Crippen molar-refractivity contribution in [2.24, 2.45) is 0 Å². The molecule has 54 heavy (non-hydrogen) atoms. The molecule has 0 spiro atoms. The van der Waals surface area contributed by atoms with Gasteiger partial charge in [0.15, 0.2) is 0 Å². The van der Waals surface area contributed by atoms with Crippen molar-refractivity contribution in [3.05, 3.63) is 194 Å². The number of benzene rings is 9. The van der Waals surface area contributed by atoms with E-state index in [0.717, 1.165) is 56.1 Å². The molecule has 0 amide bonds. The zero-order valence-corrected chi connectivity index (χ0v) is 30.0. The Kier molecular flexibility index (Phi) is 7.04. The van der Waals surface area contributed by atoms with E-state index >= 15 is 0 Å². The molecule has 2 aromatic heterocycles. The fourth-order valence-electron chi connectivity index (χ4n) is 8.12. The molecular formula is C50H32N2OS. The third kappa shape index (κ3) is 4.96. The number of fused-ring (bicyclic) bond motifs is 8. The maximum absolute atomic E-state index is 6.19. The van der Waals surface area contributed by atoms with E-state index in [2.05, 4.69) is 192 Å². The fourth-order valence-corrected chi connectivity index (χ4v) is 9.24. The molecule has 4 heteroatoms. The second-order valence-corrected chi connectivity index (χ2v) is 14.8. The molecule has 11 aromatic rings. The van der Waals surface area contributed by atoms with Crippen LogP contribution in [0.3, 0.4) is 0 Å². The van der Waals surface area contributed by atoms with Crippen LogP contribution in [-0.2, 0) is 0 Å².